The fraction of sp³-hybridized carbons (Fsp3) is 0.800. The molecule has 0 aromatic carbocycles. The molecule has 0 amide bonds. The zero-order chi connectivity index (χ0) is 5.82. The summed E-state index contributed by atoms with van der Waals surface area (Å²) in [5, 5.41) is 0. The summed E-state index contributed by atoms with van der Waals surface area (Å²) < 4.78 is 9.87. The molecule has 1 aliphatic rings. The Morgan fingerprint density at radius 2 is 2.75 bits per heavy atom. The van der Waals surface area contributed by atoms with Crippen LogP contribution in [0.5, 0.6) is 0 Å². The van der Waals surface area contributed by atoms with Crippen LogP contribution in [0.4, 0.5) is 0 Å². The summed E-state index contributed by atoms with van der Waals surface area (Å²) in [5.74, 6) is 1.02. The average molecular weight is 133 g/mol. The molecule has 8 heavy (non-hydrogen) atoms. The molecule has 1 saturated heterocycles. The van der Waals surface area contributed by atoms with E-state index < -0.39 is 0 Å². The molecule has 1 heterocycles. The summed E-state index contributed by atoms with van der Waals surface area (Å²) in [4.78, 5) is 0. The molecule has 1 rings (SSSR count). The molecule has 0 aromatic heterocycles. The predicted molar refractivity (Wildman–Crippen MR) is 33.5 cm³/mol. The van der Waals surface area contributed by atoms with Crippen molar-refractivity contribution in [2.24, 2.45) is 0 Å². The zero-order valence-electron chi connectivity index (χ0n) is 4.79. The largest absolute Gasteiger partial charge is 0.345 e. The monoisotopic (exact) mass is 133 g/mol. The lowest BCUT2D eigenvalue weighted by atomic mass is 10.4. The van der Waals surface area contributed by atoms with E-state index in [1.54, 1.807) is 11.8 Å². The maximum absolute atomic E-state index is 5.03. The second-order valence-electron chi connectivity index (χ2n) is 1.64. The van der Waals surface area contributed by atoms with E-state index in [4.69, 9.17) is 9.47 Å². The van der Waals surface area contributed by atoms with Gasteiger partial charge in [-0.05, 0) is 6.26 Å². The highest BCUT2D eigenvalue weighted by molar-refractivity contribution is 7.98. The summed E-state index contributed by atoms with van der Waals surface area (Å²) in [7, 11) is 0. The van der Waals surface area contributed by atoms with Crippen LogP contribution in [-0.4, -0.2) is 24.7 Å². The first-order chi connectivity index (χ1) is 3.93. The third-order valence-electron chi connectivity index (χ3n) is 0.951. The average Bonchev–Trinajstić information content (AvgIpc) is 2.19. The fourth-order valence-corrected chi connectivity index (χ4v) is 1.12. The molecule has 1 atom stereocenters. The van der Waals surface area contributed by atoms with Crippen molar-refractivity contribution in [3.05, 3.63) is 6.79 Å². The molecule has 0 N–H and O–H groups in total. The van der Waals surface area contributed by atoms with Crippen LogP contribution < -0.4 is 0 Å². The van der Waals surface area contributed by atoms with E-state index in [0.29, 0.717) is 6.10 Å². The lowest BCUT2D eigenvalue weighted by Gasteiger charge is -2.01. The molecule has 0 saturated carbocycles. The normalized spacial score (nSPS) is 28.9. The molecule has 0 bridgehead atoms. The van der Waals surface area contributed by atoms with Crippen LogP contribution in [0.25, 0.3) is 0 Å². The van der Waals surface area contributed by atoms with Gasteiger partial charge in [-0.2, -0.15) is 11.8 Å². The zero-order valence-corrected chi connectivity index (χ0v) is 5.61. The van der Waals surface area contributed by atoms with Crippen molar-refractivity contribution in [2.75, 3.05) is 18.6 Å². The molecule has 1 fully saturated rings. The second-order valence-corrected chi connectivity index (χ2v) is 2.55. The standard InChI is InChI=1S/C5H9O2S/c1-8-3-5-2-6-4-7-5/h4-5H,2-3H2,1H3. The number of hydrogen-bond acceptors (Lipinski definition) is 3. The maximum atomic E-state index is 5.03. The van der Waals surface area contributed by atoms with Crippen molar-refractivity contribution in [2.45, 2.75) is 6.10 Å². The van der Waals surface area contributed by atoms with Crippen LogP contribution in [0.3, 0.4) is 0 Å². The molecular formula is C5H9O2S. The topological polar surface area (TPSA) is 18.5 Å². The van der Waals surface area contributed by atoms with E-state index in [0.717, 1.165) is 12.4 Å². The predicted octanol–water partition coefficient (Wildman–Crippen LogP) is 0.884. The SMILES string of the molecule is CSCC1CO[CH]O1. The number of hydrogen-bond donors (Lipinski definition) is 0. The molecule has 0 spiro atoms. The minimum Gasteiger partial charge on any atom is -0.345 e. The van der Waals surface area contributed by atoms with Gasteiger partial charge < -0.3 is 9.47 Å². The Hall–Kier alpha value is 0.270. The summed E-state index contributed by atoms with van der Waals surface area (Å²) >= 11 is 1.77. The Labute approximate surface area is 53.5 Å². The number of thioether (sulfide) groups is 1. The molecule has 1 radical (unpaired) electrons. The van der Waals surface area contributed by atoms with E-state index in [1.165, 1.54) is 6.79 Å². The Kier molecular flexibility index (Phi) is 2.66. The van der Waals surface area contributed by atoms with Gasteiger partial charge in [0, 0.05) is 5.75 Å². The Morgan fingerprint density at radius 1 is 1.88 bits per heavy atom. The van der Waals surface area contributed by atoms with Crippen LogP contribution >= 0.6 is 11.8 Å². The first kappa shape index (κ1) is 6.39. The molecule has 1 unspecified atom stereocenters. The van der Waals surface area contributed by atoms with Gasteiger partial charge in [0.15, 0.2) is 0 Å². The lowest BCUT2D eigenvalue weighted by molar-refractivity contribution is 0.137. The molecule has 0 aromatic rings. The Bertz CT molecular complexity index is 61.4. The fourth-order valence-electron chi connectivity index (χ4n) is 0.577. The number of ether oxygens (including phenoxy) is 2. The van der Waals surface area contributed by atoms with Gasteiger partial charge in [0.2, 0.25) is 6.79 Å². The van der Waals surface area contributed by atoms with Gasteiger partial charge in [0.25, 0.3) is 0 Å². The van der Waals surface area contributed by atoms with Gasteiger partial charge in [-0.15, -0.1) is 0 Å². The van der Waals surface area contributed by atoms with Gasteiger partial charge in [0.1, 0.15) is 0 Å². The minimum absolute atomic E-state index is 0.296. The summed E-state index contributed by atoms with van der Waals surface area (Å²) in [6.07, 6.45) is 2.35. The lowest BCUT2D eigenvalue weighted by Crippen LogP contribution is -2.11. The van der Waals surface area contributed by atoms with Crippen LogP contribution in [0, 0.1) is 6.79 Å². The van der Waals surface area contributed by atoms with E-state index >= 15 is 0 Å². The highest BCUT2D eigenvalue weighted by Crippen LogP contribution is 2.10. The summed E-state index contributed by atoms with van der Waals surface area (Å²) in [6.45, 7) is 2.14. The number of rotatable bonds is 2. The van der Waals surface area contributed by atoms with Gasteiger partial charge in [-0.3, -0.25) is 0 Å². The van der Waals surface area contributed by atoms with Crippen molar-refractivity contribution in [3.8, 4) is 0 Å². The van der Waals surface area contributed by atoms with Gasteiger partial charge in [-0.1, -0.05) is 0 Å². The molecule has 1 aliphatic heterocycles. The maximum Gasteiger partial charge on any atom is 0.209 e. The quantitative estimate of drug-likeness (QED) is 0.557. The van der Waals surface area contributed by atoms with Crippen LogP contribution in [-0.2, 0) is 9.47 Å². The summed E-state index contributed by atoms with van der Waals surface area (Å²) in [5.41, 5.74) is 0. The van der Waals surface area contributed by atoms with Crippen molar-refractivity contribution >= 4 is 11.8 Å². The first-order valence-corrected chi connectivity index (χ1v) is 3.90. The van der Waals surface area contributed by atoms with Crippen molar-refractivity contribution in [3.63, 3.8) is 0 Å². The second kappa shape index (κ2) is 3.33. The van der Waals surface area contributed by atoms with E-state index in [-0.39, 0.29) is 0 Å². The van der Waals surface area contributed by atoms with Crippen LogP contribution in [0.1, 0.15) is 0 Å². The van der Waals surface area contributed by atoms with Crippen molar-refractivity contribution in [1.82, 2.24) is 0 Å². The first-order valence-electron chi connectivity index (χ1n) is 2.51. The van der Waals surface area contributed by atoms with E-state index in [9.17, 15) is 0 Å². The van der Waals surface area contributed by atoms with Crippen molar-refractivity contribution < 1.29 is 9.47 Å². The highest BCUT2D eigenvalue weighted by atomic mass is 32.2. The van der Waals surface area contributed by atoms with Gasteiger partial charge >= 0.3 is 0 Å². The third-order valence-corrected chi connectivity index (χ3v) is 1.66. The molecule has 0 aliphatic carbocycles. The van der Waals surface area contributed by atoms with E-state index in [1.807, 2.05) is 0 Å². The van der Waals surface area contributed by atoms with Crippen LogP contribution in [0.2, 0.25) is 0 Å². The smallest absolute Gasteiger partial charge is 0.209 e. The Morgan fingerprint density at radius 3 is 3.25 bits per heavy atom. The van der Waals surface area contributed by atoms with Gasteiger partial charge in [-0.25, -0.2) is 0 Å². The molecular weight excluding hydrogens is 124 g/mol. The van der Waals surface area contributed by atoms with Crippen molar-refractivity contribution in [1.29, 1.82) is 0 Å². The summed E-state index contributed by atoms with van der Waals surface area (Å²) in [6, 6.07) is 0. The minimum atomic E-state index is 0.296. The molecule has 3 heteroatoms. The highest BCUT2D eigenvalue weighted by Gasteiger charge is 2.14. The van der Waals surface area contributed by atoms with Gasteiger partial charge in [0.05, 0.1) is 12.7 Å². The third kappa shape index (κ3) is 1.65. The molecule has 2 nitrogen and oxygen atoms in total. The Balaban J connectivity index is 2.06. The molecule has 47 valence electrons. The van der Waals surface area contributed by atoms with Crippen LogP contribution in [0.15, 0.2) is 0 Å². The van der Waals surface area contributed by atoms with E-state index in [2.05, 4.69) is 6.26 Å².